The number of guanidine groups is 1. The van der Waals surface area contributed by atoms with Gasteiger partial charge in [0.15, 0.2) is 5.96 Å². The molecule has 6 heteroatoms. The Morgan fingerprint density at radius 2 is 2.23 bits per heavy atom. The molecule has 0 radical (unpaired) electrons. The molecule has 1 aliphatic carbocycles. The first-order chi connectivity index (χ1) is 12.7. The number of ether oxygens (including phenoxy) is 1. The van der Waals surface area contributed by atoms with E-state index in [9.17, 15) is 4.79 Å². The summed E-state index contributed by atoms with van der Waals surface area (Å²) in [4.78, 5) is 16.4. The number of aliphatic imine (C=N–C) groups is 1. The fourth-order valence-corrected chi connectivity index (χ4v) is 2.30. The van der Waals surface area contributed by atoms with E-state index in [0.717, 1.165) is 44.2 Å². The topological polar surface area (TPSA) is 74.8 Å². The van der Waals surface area contributed by atoms with E-state index in [1.54, 1.807) is 12.1 Å². The molecule has 3 N–H and O–H groups in total. The SMILES string of the molecule is C#Cc1cccc(NC(=O)CN=C(NCC)NCCCOCC2CC2)c1. The molecule has 1 saturated carbocycles. The Labute approximate surface area is 155 Å². The molecule has 1 aliphatic rings. The van der Waals surface area contributed by atoms with Gasteiger partial charge in [-0.05, 0) is 50.3 Å². The van der Waals surface area contributed by atoms with Gasteiger partial charge in [0.25, 0.3) is 0 Å². The van der Waals surface area contributed by atoms with E-state index in [-0.39, 0.29) is 12.5 Å². The third-order valence-electron chi connectivity index (χ3n) is 3.85. The van der Waals surface area contributed by atoms with Crippen LogP contribution in [0.25, 0.3) is 0 Å². The van der Waals surface area contributed by atoms with E-state index in [1.807, 2.05) is 19.1 Å². The van der Waals surface area contributed by atoms with E-state index in [0.29, 0.717) is 11.6 Å². The van der Waals surface area contributed by atoms with Crippen LogP contribution in [0.3, 0.4) is 0 Å². The van der Waals surface area contributed by atoms with Crippen LogP contribution in [-0.2, 0) is 9.53 Å². The highest BCUT2D eigenvalue weighted by Gasteiger charge is 2.20. The van der Waals surface area contributed by atoms with Crippen LogP contribution in [0, 0.1) is 18.3 Å². The van der Waals surface area contributed by atoms with E-state index < -0.39 is 0 Å². The summed E-state index contributed by atoms with van der Waals surface area (Å²) in [6, 6.07) is 7.18. The number of anilines is 1. The molecule has 0 heterocycles. The third kappa shape index (κ3) is 8.04. The zero-order valence-electron chi connectivity index (χ0n) is 15.4. The lowest BCUT2D eigenvalue weighted by atomic mass is 10.2. The van der Waals surface area contributed by atoms with Crippen LogP contribution in [0.1, 0.15) is 31.7 Å². The molecule has 1 aromatic rings. The first-order valence-electron chi connectivity index (χ1n) is 9.17. The van der Waals surface area contributed by atoms with Crippen molar-refractivity contribution in [2.75, 3.05) is 38.2 Å². The second-order valence-electron chi connectivity index (χ2n) is 6.27. The second-order valence-corrected chi connectivity index (χ2v) is 6.27. The zero-order chi connectivity index (χ0) is 18.6. The summed E-state index contributed by atoms with van der Waals surface area (Å²) in [5, 5.41) is 9.14. The molecule has 0 bridgehead atoms. The summed E-state index contributed by atoms with van der Waals surface area (Å²) in [6.45, 7) is 5.14. The number of carbonyl (C=O) groups excluding carboxylic acids is 1. The fraction of sp³-hybridized carbons (Fsp3) is 0.500. The molecule has 26 heavy (non-hydrogen) atoms. The van der Waals surface area contributed by atoms with Gasteiger partial charge in [-0.15, -0.1) is 6.42 Å². The van der Waals surface area contributed by atoms with Gasteiger partial charge in [0.2, 0.25) is 5.91 Å². The Bertz CT molecular complexity index is 647. The predicted octanol–water partition coefficient (Wildman–Crippen LogP) is 1.98. The number of hydrogen-bond donors (Lipinski definition) is 3. The van der Waals surface area contributed by atoms with Crippen molar-refractivity contribution < 1.29 is 9.53 Å². The van der Waals surface area contributed by atoms with Gasteiger partial charge < -0.3 is 20.7 Å². The Hall–Kier alpha value is -2.52. The standard InChI is InChI=1S/C20H28N4O2/c1-3-16-7-5-8-18(13-16)24-19(25)14-23-20(21-4-2)22-11-6-12-26-15-17-9-10-17/h1,5,7-8,13,17H,4,6,9-12,14-15H2,2H3,(H,24,25)(H2,21,22,23). The molecule has 2 rings (SSSR count). The molecule has 0 aromatic heterocycles. The van der Waals surface area contributed by atoms with Gasteiger partial charge in [0.05, 0.1) is 0 Å². The van der Waals surface area contributed by atoms with Crippen molar-refractivity contribution in [2.24, 2.45) is 10.9 Å². The highest BCUT2D eigenvalue weighted by molar-refractivity contribution is 5.94. The normalized spacial score (nSPS) is 13.8. The van der Waals surface area contributed by atoms with Crippen LogP contribution in [0.5, 0.6) is 0 Å². The summed E-state index contributed by atoms with van der Waals surface area (Å²) in [5.41, 5.74) is 1.40. The molecular formula is C20H28N4O2. The molecular weight excluding hydrogens is 328 g/mol. The van der Waals surface area contributed by atoms with Gasteiger partial charge in [0.1, 0.15) is 6.54 Å². The van der Waals surface area contributed by atoms with Gasteiger partial charge in [0, 0.05) is 37.6 Å². The highest BCUT2D eigenvalue weighted by atomic mass is 16.5. The fourth-order valence-electron chi connectivity index (χ4n) is 2.30. The summed E-state index contributed by atoms with van der Waals surface area (Å²) < 4.78 is 5.60. The van der Waals surface area contributed by atoms with Crippen molar-refractivity contribution >= 4 is 17.6 Å². The van der Waals surface area contributed by atoms with Crippen LogP contribution in [0.15, 0.2) is 29.3 Å². The van der Waals surface area contributed by atoms with Crippen LogP contribution in [0.4, 0.5) is 5.69 Å². The van der Waals surface area contributed by atoms with Crippen molar-refractivity contribution in [1.29, 1.82) is 0 Å². The van der Waals surface area contributed by atoms with Crippen molar-refractivity contribution in [2.45, 2.75) is 26.2 Å². The number of carbonyl (C=O) groups is 1. The maximum absolute atomic E-state index is 12.1. The molecule has 1 aromatic carbocycles. The number of nitrogens with zero attached hydrogens (tertiary/aromatic N) is 1. The molecule has 0 atom stereocenters. The average molecular weight is 356 g/mol. The van der Waals surface area contributed by atoms with Crippen LogP contribution >= 0.6 is 0 Å². The Morgan fingerprint density at radius 1 is 1.38 bits per heavy atom. The first kappa shape index (κ1) is 19.8. The van der Waals surface area contributed by atoms with Crippen molar-refractivity contribution in [1.82, 2.24) is 10.6 Å². The van der Waals surface area contributed by atoms with E-state index in [4.69, 9.17) is 11.2 Å². The minimum atomic E-state index is -0.191. The number of terminal acetylenes is 1. The molecule has 1 amide bonds. The number of amides is 1. The lowest BCUT2D eigenvalue weighted by Crippen LogP contribution is -2.38. The van der Waals surface area contributed by atoms with Crippen LogP contribution < -0.4 is 16.0 Å². The van der Waals surface area contributed by atoms with Gasteiger partial charge in [-0.1, -0.05) is 12.0 Å². The minimum Gasteiger partial charge on any atom is -0.381 e. The van der Waals surface area contributed by atoms with Gasteiger partial charge in [-0.3, -0.25) is 4.79 Å². The van der Waals surface area contributed by atoms with E-state index >= 15 is 0 Å². The quantitative estimate of drug-likeness (QED) is 0.259. The van der Waals surface area contributed by atoms with Crippen molar-refractivity contribution in [3.05, 3.63) is 29.8 Å². The highest BCUT2D eigenvalue weighted by Crippen LogP contribution is 2.28. The number of hydrogen-bond acceptors (Lipinski definition) is 3. The summed E-state index contributed by atoms with van der Waals surface area (Å²) >= 11 is 0. The average Bonchev–Trinajstić information content (AvgIpc) is 3.47. The van der Waals surface area contributed by atoms with E-state index in [1.165, 1.54) is 12.8 Å². The smallest absolute Gasteiger partial charge is 0.246 e. The Morgan fingerprint density at radius 3 is 2.96 bits per heavy atom. The lowest BCUT2D eigenvalue weighted by molar-refractivity contribution is -0.114. The molecule has 6 nitrogen and oxygen atoms in total. The minimum absolute atomic E-state index is 0.0355. The zero-order valence-corrected chi connectivity index (χ0v) is 15.4. The largest absolute Gasteiger partial charge is 0.381 e. The number of rotatable bonds is 10. The Kier molecular flexibility index (Phi) is 8.50. The summed E-state index contributed by atoms with van der Waals surface area (Å²) in [7, 11) is 0. The predicted molar refractivity (Wildman–Crippen MR) is 105 cm³/mol. The maximum Gasteiger partial charge on any atom is 0.246 e. The van der Waals surface area contributed by atoms with Crippen LogP contribution in [-0.4, -0.2) is 44.7 Å². The number of nitrogens with one attached hydrogen (secondary N) is 3. The molecule has 0 unspecified atom stereocenters. The first-order valence-corrected chi connectivity index (χ1v) is 9.17. The van der Waals surface area contributed by atoms with Crippen molar-refractivity contribution in [3.8, 4) is 12.3 Å². The molecule has 1 fully saturated rings. The Balaban J connectivity index is 1.69. The van der Waals surface area contributed by atoms with Gasteiger partial charge in [-0.25, -0.2) is 4.99 Å². The molecule has 0 spiro atoms. The lowest BCUT2D eigenvalue weighted by Gasteiger charge is -2.11. The maximum atomic E-state index is 12.1. The molecule has 140 valence electrons. The molecule has 0 aliphatic heterocycles. The summed E-state index contributed by atoms with van der Waals surface area (Å²) in [6.07, 6.45) is 8.89. The molecule has 0 saturated heterocycles. The summed E-state index contributed by atoms with van der Waals surface area (Å²) in [5.74, 6) is 3.78. The van der Waals surface area contributed by atoms with Gasteiger partial charge >= 0.3 is 0 Å². The second kappa shape index (κ2) is 11.2. The number of benzene rings is 1. The van der Waals surface area contributed by atoms with Crippen molar-refractivity contribution in [3.63, 3.8) is 0 Å². The monoisotopic (exact) mass is 356 g/mol. The van der Waals surface area contributed by atoms with Gasteiger partial charge in [-0.2, -0.15) is 0 Å². The van der Waals surface area contributed by atoms with E-state index in [2.05, 4.69) is 26.9 Å². The third-order valence-corrected chi connectivity index (χ3v) is 3.85. The van der Waals surface area contributed by atoms with Crippen LogP contribution in [0.2, 0.25) is 0 Å².